The van der Waals surface area contributed by atoms with Crippen LogP contribution in [0, 0.1) is 0 Å². The van der Waals surface area contributed by atoms with Crippen LogP contribution in [-0.2, 0) is 19.5 Å². The highest BCUT2D eigenvalue weighted by molar-refractivity contribution is 5.77. The maximum atomic E-state index is 12.4. The number of aryl methyl sites for hydroxylation is 1. The number of fused-ring (bicyclic) bond motifs is 2. The molecule has 0 bridgehead atoms. The maximum absolute atomic E-state index is 12.4. The normalized spacial score (nSPS) is 20.5. The Morgan fingerprint density at radius 3 is 3.00 bits per heavy atom. The number of likely N-dealkylation sites (tertiary alicyclic amines) is 1. The first kappa shape index (κ1) is 15.7. The Morgan fingerprint density at radius 1 is 1.12 bits per heavy atom. The highest BCUT2D eigenvalue weighted by atomic mass is 16.1. The molecule has 2 aliphatic rings. The molecule has 26 heavy (non-hydrogen) atoms. The average molecular weight is 350 g/mol. The second-order valence-electron chi connectivity index (χ2n) is 7.24. The van der Waals surface area contributed by atoms with Crippen molar-refractivity contribution in [1.82, 2.24) is 29.6 Å². The fraction of sp³-hybridized carbons (Fsp3) is 0.474. The molecule has 0 aliphatic carbocycles. The zero-order valence-corrected chi connectivity index (χ0v) is 14.7. The monoisotopic (exact) mass is 350 g/mol. The number of aromatic nitrogens is 5. The van der Waals surface area contributed by atoms with E-state index < -0.39 is 0 Å². The van der Waals surface area contributed by atoms with Gasteiger partial charge >= 0.3 is 0 Å². The van der Waals surface area contributed by atoms with Crippen LogP contribution in [0.15, 0.2) is 29.1 Å². The Labute approximate surface area is 151 Å². The molecule has 134 valence electrons. The predicted molar refractivity (Wildman–Crippen MR) is 97.7 cm³/mol. The lowest BCUT2D eigenvalue weighted by molar-refractivity contribution is 0.229. The Hall–Kier alpha value is -2.54. The third kappa shape index (κ3) is 2.63. The first-order valence-electron chi connectivity index (χ1n) is 9.43. The molecule has 1 atom stereocenters. The standard InChI is InChI=1S/C19H22N6O/c26-19-13-6-1-2-7-14(13)20-18(21-19)15-8-5-10-24(15)12-17-23-22-16-9-3-4-11-25(16)17/h1-2,6-7,15H,3-5,8-12H2,(H,20,21,26). The van der Waals surface area contributed by atoms with Crippen molar-refractivity contribution in [2.75, 3.05) is 6.54 Å². The molecule has 2 aromatic heterocycles. The van der Waals surface area contributed by atoms with Crippen molar-refractivity contribution in [2.24, 2.45) is 0 Å². The van der Waals surface area contributed by atoms with Gasteiger partial charge in [-0.25, -0.2) is 4.98 Å². The van der Waals surface area contributed by atoms with Crippen LogP contribution in [0.25, 0.3) is 10.9 Å². The molecule has 1 saturated heterocycles. The van der Waals surface area contributed by atoms with Crippen LogP contribution in [0.2, 0.25) is 0 Å². The molecule has 5 rings (SSSR count). The van der Waals surface area contributed by atoms with Gasteiger partial charge in [0.05, 0.1) is 23.5 Å². The lowest BCUT2D eigenvalue weighted by Crippen LogP contribution is -2.28. The second-order valence-corrected chi connectivity index (χ2v) is 7.24. The van der Waals surface area contributed by atoms with E-state index in [2.05, 4.69) is 24.6 Å². The molecular formula is C19H22N6O. The number of hydrogen-bond donors (Lipinski definition) is 1. The molecule has 7 heteroatoms. The molecular weight excluding hydrogens is 328 g/mol. The molecule has 1 unspecified atom stereocenters. The summed E-state index contributed by atoms with van der Waals surface area (Å²) in [6.07, 6.45) is 5.52. The Kier molecular flexibility index (Phi) is 3.81. The van der Waals surface area contributed by atoms with Gasteiger partial charge in [-0.1, -0.05) is 12.1 Å². The Morgan fingerprint density at radius 2 is 2.04 bits per heavy atom. The van der Waals surface area contributed by atoms with Crippen molar-refractivity contribution in [3.8, 4) is 0 Å². The number of aromatic amines is 1. The van der Waals surface area contributed by atoms with E-state index in [1.807, 2.05) is 24.3 Å². The summed E-state index contributed by atoms with van der Waals surface area (Å²) in [6, 6.07) is 7.65. The van der Waals surface area contributed by atoms with Crippen LogP contribution in [-0.4, -0.2) is 36.2 Å². The van der Waals surface area contributed by atoms with Gasteiger partial charge in [-0.15, -0.1) is 10.2 Å². The number of hydrogen-bond acceptors (Lipinski definition) is 5. The molecule has 2 aliphatic heterocycles. The summed E-state index contributed by atoms with van der Waals surface area (Å²) >= 11 is 0. The molecule has 1 aromatic carbocycles. The minimum Gasteiger partial charge on any atom is -0.314 e. The van der Waals surface area contributed by atoms with E-state index in [4.69, 9.17) is 4.98 Å². The number of nitrogens with one attached hydrogen (secondary N) is 1. The van der Waals surface area contributed by atoms with Crippen molar-refractivity contribution >= 4 is 10.9 Å². The number of rotatable bonds is 3. The van der Waals surface area contributed by atoms with Gasteiger partial charge in [-0.3, -0.25) is 9.69 Å². The lowest BCUT2D eigenvalue weighted by atomic mass is 10.1. The summed E-state index contributed by atoms with van der Waals surface area (Å²) in [4.78, 5) is 22.6. The van der Waals surface area contributed by atoms with Crippen molar-refractivity contribution in [1.29, 1.82) is 0 Å². The van der Waals surface area contributed by atoms with Crippen LogP contribution in [0.3, 0.4) is 0 Å². The molecule has 0 radical (unpaired) electrons. The fourth-order valence-electron chi connectivity index (χ4n) is 4.25. The van der Waals surface area contributed by atoms with E-state index in [0.29, 0.717) is 5.39 Å². The summed E-state index contributed by atoms with van der Waals surface area (Å²) in [6.45, 7) is 2.76. The van der Waals surface area contributed by atoms with E-state index in [-0.39, 0.29) is 11.6 Å². The van der Waals surface area contributed by atoms with Crippen LogP contribution < -0.4 is 5.56 Å². The summed E-state index contributed by atoms with van der Waals surface area (Å²) in [5, 5.41) is 9.45. The van der Waals surface area contributed by atoms with Gasteiger partial charge in [0.2, 0.25) is 0 Å². The number of H-pyrrole nitrogens is 1. The van der Waals surface area contributed by atoms with Gasteiger partial charge in [0, 0.05) is 13.0 Å². The van der Waals surface area contributed by atoms with Crippen molar-refractivity contribution < 1.29 is 0 Å². The molecule has 3 aromatic rings. The molecule has 4 heterocycles. The van der Waals surface area contributed by atoms with Gasteiger partial charge in [0.25, 0.3) is 5.56 Å². The Balaban J connectivity index is 1.46. The summed E-state index contributed by atoms with van der Waals surface area (Å²) < 4.78 is 2.27. The molecule has 0 amide bonds. The van der Waals surface area contributed by atoms with Crippen LogP contribution in [0.5, 0.6) is 0 Å². The average Bonchev–Trinajstić information content (AvgIpc) is 3.30. The van der Waals surface area contributed by atoms with Crippen LogP contribution in [0.4, 0.5) is 0 Å². The Bertz CT molecular complexity index is 1010. The molecule has 0 saturated carbocycles. The van der Waals surface area contributed by atoms with Crippen LogP contribution in [0.1, 0.15) is 49.2 Å². The summed E-state index contributed by atoms with van der Waals surface area (Å²) in [7, 11) is 0. The summed E-state index contributed by atoms with van der Waals surface area (Å²) in [5.74, 6) is 2.92. The van der Waals surface area contributed by atoms with E-state index >= 15 is 0 Å². The third-order valence-electron chi connectivity index (χ3n) is 5.59. The first-order chi connectivity index (χ1) is 12.8. The van der Waals surface area contributed by atoms with Gasteiger partial charge in [0.1, 0.15) is 17.5 Å². The smallest absolute Gasteiger partial charge is 0.258 e. The predicted octanol–water partition coefficient (Wildman–Crippen LogP) is 2.19. The minimum atomic E-state index is -0.0580. The van der Waals surface area contributed by atoms with Crippen LogP contribution >= 0.6 is 0 Å². The molecule has 1 N–H and O–H groups in total. The van der Waals surface area contributed by atoms with Gasteiger partial charge in [-0.05, 0) is 44.4 Å². The first-order valence-corrected chi connectivity index (χ1v) is 9.43. The highest BCUT2D eigenvalue weighted by Crippen LogP contribution is 2.31. The second kappa shape index (κ2) is 6.32. The van der Waals surface area contributed by atoms with Gasteiger partial charge in [-0.2, -0.15) is 0 Å². The number of benzene rings is 1. The molecule has 7 nitrogen and oxygen atoms in total. The zero-order chi connectivity index (χ0) is 17.5. The minimum absolute atomic E-state index is 0.0580. The lowest BCUT2D eigenvalue weighted by Gasteiger charge is -2.24. The zero-order valence-electron chi connectivity index (χ0n) is 14.7. The highest BCUT2D eigenvalue weighted by Gasteiger charge is 2.30. The molecule has 0 spiro atoms. The van der Waals surface area contributed by atoms with Crippen molar-refractivity contribution in [3.05, 3.63) is 52.1 Å². The maximum Gasteiger partial charge on any atom is 0.258 e. The summed E-state index contributed by atoms with van der Waals surface area (Å²) in [5.41, 5.74) is 0.704. The van der Waals surface area contributed by atoms with E-state index in [9.17, 15) is 4.79 Å². The molecule has 1 fully saturated rings. The number of para-hydroxylation sites is 1. The quantitative estimate of drug-likeness (QED) is 0.783. The van der Waals surface area contributed by atoms with E-state index in [1.165, 1.54) is 12.8 Å². The van der Waals surface area contributed by atoms with Gasteiger partial charge in [0.15, 0.2) is 0 Å². The van der Waals surface area contributed by atoms with Crippen molar-refractivity contribution in [2.45, 2.75) is 51.2 Å². The SMILES string of the molecule is O=c1[nH]c(C2CCCN2Cc2nnc3n2CCCC3)nc2ccccc12. The third-order valence-corrected chi connectivity index (χ3v) is 5.59. The van der Waals surface area contributed by atoms with Crippen molar-refractivity contribution in [3.63, 3.8) is 0 Å². The largest absolute Gasteiger partial charge is 0.314 e. The van der Waals surface area contributed by atoms with E-state index in [0.717, 1.165) is 61.9 Å². The van der Waals surface area contributed by atoms with Gasteiger partial charge < -0.3 is 9.55 Å². The topological polar surface area (TPSA) is 79.7 Å². The number of nitrogens with zero attached hydrogens (tertiary/aromatic N) is 5. The fourth-order valence-corrected chi connectivity index (χ4v) is 4.25. The van der Waals surface area contributed by atoms with E-state index in [1.54, 1.807) is 0 Å².